The van der Waals surface area contributed by atoms with Gasteiger partial charge in [0, 0.05) is 0 Å². The third kappa shape index (κ3) is 3.69. The summed E-state index contributed by atoms with van der Waals surface area (Å²) in [7, 11) is 1.58. The summed E-state index contributed by atoms with van der Waals surface area (Å²) in [5.41, 5.74) is 1.65. The van der Waals surface area contributed by atoms with E-state index >= 15 is 0 Å². The first-order chi connectivity index (χ1) is 7.10. The maximum Gasteiger partial charge on any atom is 1.00 e. The standard InChI is InChI=1S/C12H13NO2.K.H/c1-8-6-10(15-3)4-5-11(8)12(7-13)9(2)14;;/h4-6,12H,1-3H3;;/q;+1;-1. The van der Waals surface area contributed by atoms with Crippen molar-refractivity contribution in [3.63, 3.8) is 0 Å². The molecule has 1 atom stereocenters. The van der Waals surface area contributed by atoms with E-state index in [-0.39, 0.29) is 58.6 Å². The van der Waals surface area contributed by atoms with Gasteiger partial charge in [-0.15, -0.1) is 0 Å². The number of nitriles is 1. The number of ketones is 1. The van der Waals surface area contributed by atoms with Gasteiger partial charge in [0.15, 0.2) is 5.78 Å². The van der Waals surface area contributed by atoms with Gasteiger partial charge >= 0.3 is 51.4 Å². The molecule has 0 aliphatic rings. The molecule has 0 fully saturated rings. The van der Waals surface area contributed by atoms with Crippen molar-refractivity contribution in [2.45, 2.75) is 19.8 Å². The van der Waals surface area contributed by atoms with Crippen molar-refractivity contribution in [1.29, 1.82) is 5.26 Å². The fraction of sp³-hybridized carbons (Fsp3) is 0.333. The van der Waals surface area contributed by atoms with Crippen molar-refractivity contribution < 1.29 is 62.3 Å². The minimum absolute atomic E-state index is 0. The summed E-state index contributed by atoms with van der Waals surface area (Å²) in [5, 5.41) is 8.90. The van der Waals surface area contributed by atoms with E-state index in [4.69, 9.17) is 10.00 Å². The monoisotopic (exact) mass is 243 g/mol. The number of ether oxygens (including phenoxy) is 1. The second-order valence-corrected chi connectivity index (χ2v) is 3.40. The number of carbonyl (C=O) groups is 1. The molecular weight excluding hydrogens is 229 g/mol. The molecule has 0 saturated heterocycles. The van der Waals surface area contributed by atoms with Crippen LogP contribution < -0.4 is 56.1 Å². The zero-order valence-corrected chi connectivity index (χ0v) is 13.2. The Hall–Kier alpha value is -0.184. The van der Waals surface area contributed by atoms with Gasteiger partial charge in [-0.1, -0.05) is 6.07 Å². The minimum atomic E-state index is -0.670. The number of benzene rings is 1. The number of hydrogen-bond donors (Lipinski definition) is 0. The molecular formula is C12H14KNO2. The van der Waals surface area contributed by atoms with Crippen LogP contribution in [0, 0.1) is 18.3 Å². The van der Waals surface area contributed by atoms with Crippen LogP contribution in [-0.2, 0) is 4.79 Å². The molecule has 0 N–H and O–H groups in total. The van der Waals surface area contributed by atoms with Crippen LogP contribution in [0.3, 0.4) is 0 Å². The Morgan fingerprint density at radius 2 is 2.19 bits per heavy atom. The Balaban J connectivity index is 0. The van der Waals surface area contributed by atoms with Crippen molar-refractivity contribution in [3.05, 3.63) is 29.3 Å². The Morgan fingerprint density at radius 1 is 1.56 bits per heavy atom. The Labute approximate surface area is 140 Å². The van der Waals surface area contributed by atoms with Gasteiger partial charge in [0.1, 0.15) is 11.7 Å². The zero-order valence-electron chi connectivity index (χ0n) is 11.1. The largest absolute Gasteiger partial charge is 1.00 e. The van der Waals surface area contributed by atoms with E-state index < -0.39 is 5.92 Å². The molecule has 0 heterocycles. The van der Waals surface area contributed by atoms with Crippen LogP contribution in [-0.4, -0.2) is 12.9 Å². The van der Waals surface area contributed by atoms with Gasteiger partial charge in [0.2, 0.25) is 0 Å². The van der Waals surface area contributed by atoms with E-state index in [1.54, 1.807) is 19.2 Å². The molecule has 1 aromatic rings. The van der Waals surface area contributed by atoms with Crippen molar-refractivity contribution in [2.24, 2.45) is 0 Å². The first kappa shape index (κ1) is 15.8. The van der Waals surface area contributed by atoms with Crippen molar-refractivity contribution >= 4 is 5.78 Å². The number of carbonyl (C=O) groups excluding carboxylic acids is 1. The molecule has 1 aromatic carbocycles. The normalized spacial score (nSPS) is 10.9. The van der Waals surface area contributed by atoms with Gasteiger partial charge in [-0.2, -0.15) is 5.26 Å². The van der Waals surface area contributed by atoms with E-state index in [1.165, 1.54) is 6.92 Å². The summed E-state index contributed by atoms with van der Waals surface area (Å²) in [4.78, 5) is 11.2. The zero-order chi connectivity index (χ0) is 11.4. The second kappa shape index (κ2) is 7.20. The van der Waals surface area contributed by atoms with Gasteiger partial charge in [-0.05, 0) is 37.1 Å². The van der Waals surface area contributed by atoms with Crippen LogP contribution in [0.25, 0.3) is 0 Å². The molecule has 0 aliphatic heterocycles. The molecule has 1 rings (SSSR count). The van der Waals surface area contributed by atoms with E-state index in [0.29, 0.717) is 0 Å². The first-order valence-corrected chi connectivity index (χ1v) is 4.64. The minimum Gasteiger partial charge on any atom is -1.00 e. The van der Waals surface area contributed by atoms with Gasteiger partial charge in [0.25, 0.3) is 0 Å². The first-order valence-electron chi connectivity index (χ1n) is 4.64. The van der Waals surface area contributed by atoms with Crippen LogP contribution in [0.2, 0.25) is 0 Å². The van der Waals surface area contributed by atoms with Crippen LogP contribution in [0.4, 0.5) is 0 Å². The maximum absolute atomic E-state index is 11.2. The summed E-state index contributed by atoms with van der Waals surface area (Å²) in [6.07, 6.45) is 0. The predicted molar refractivity (Wildman–Crippen MR) is 57.9 cm³/mol. The maximum atomic E-state index is 11.2. The third-order valence-electron chi connectivity index (χ3n) is 2.32. The van der Waals surface area contributed by atoms with Crippen molar-refractivity contribution in [1.82, 2.24) is 0 Å². The molecule has 0 amide bonds. The third-order valence-corrected chi connectivity index (χ3v) is 2.32. The van der Waals surface area contributed by atoms with Gasteiger partial charge in [0.05, 0.1) is 13.2 Å². The smallest absolute Gasteiger partial charge is 1.00 e. The molecule has 16 heavy (non-hydrogen) atoms. The topological polar surface area (TPSA) is 50.1 Å². The van der Waals surface area contributed by atoms with Crippen molar-refractivity contribution in [2.75, 3.05) is 7.11 Å². The molecule has 0 bridgehead atoms. The summed E-state index contributed by atoms with van der Waals surface area (Å²) in [6.45, 7) is 3.29. The van der Waals surface area contributed by atoms with Crippen molar-refractivity contribution in [3.8, 4) is 11.8 Å². The van der Waals surface area contributed by atoms with Crippen LogP contribution >= 0.6 is 0 Å². The number of nitrogens with zero attached hydrogens (tertiary/aromatic N) is 1. The molecule has 0 radical (unpaired) electrons. The van der Waals surface area contributed by atoms with E-state index in [2.05, 4.69) is 0 Å². The van der Waals surface area contributed by atoms with E-state index in [0.717, 1.165) is 16.9 Å². The number of aryl methyl sites for hydroxylation is 1. The summed E-state index contributed by atoms with van der Waals surface area (Å²) in [5.74, 6) is -0.0711. The van der Waals surface area contributed by atoms with Gasteiger partial charge in [-0.25, -0.2) is 0 Å². The van der Waals surface area contributed by atoms with Crippen LogP contribution in [0.5, 0.6) is 5.75 Å². The number of methoxy groups -OCH3 is 1. The average Bonchev–Trinajstić information content (AvgIpc) is 2.20. The fourth-order valence-electron chi connectivity index (χ4n) is 1.48. The fourth-order valence-corrected chi connectivity index (χ4v) is 1.48. The Bertz CT molecular complexity index is 429. The molecule has 1 unspecified atom stereocenters. The van der Waals surface area contributed by atoms with Gasteiger partial charge < -0.3 is 6.16 Å². The van der Waals surface area contributed by atoms with Crippen LogP contribution in [0.1, 0.15) is 25.4 Å². The average molecular weight is 243 g/mol. The van der Waals surface area contributed by atoms with Gasteiger partial charge in [-0.3, -0.25) is 4.79 Å². The Kier molecular flexibility index (Phi) is 7.12. The summed E-state index contributed by atoms with van der Waals surface area (Å²) in [6, 6.07) is 7.35. The summed E-state index contributed by atoms with van der Waals surface area (Å²) >= 11 is 0. The molecule has 0 spiro atoms. The van der Waals surface area contributed by atoms with Crippen LogP contribution in [0.15, 0.2) is 18.2 Å². The summed E-state index contributed by atoms with van der Waals surface area (Å²) < 4.78 is 5.06. The number of hydrogen-bond acceptors (Lipinski definition) is 3. The SMILES string of the molecule is COc1ccc(C(C#N)C(C)=O)c(C)c1.[H-].[K+]. The quantitative estimate of drug-likeness (QED) is 0.661. The van der Waals surface area contributed by atoms with E-state index in [9.17, 15) is 4.79 Å². The number of rotatable bonds is 3. The van der Waals surface area contributed by atoms with E-state index in [1.807, 2.05) is 19.1 Å². The molecule has 3 nitrogen and oxygen atoms in total. The molecule has 0 aliphatic carbocycles. The number of Topliss-reactive ketones (excluding diaryl/α,β-unsaturated/α-hetero) is 1. The molecule has 4 heteroatoms. The second-order valence-electron chi connectivity index (χ2n) is 3.40. The Morgan fingerprint density at radius 3 is 2.56 bits per heavy atom. The molecule has 80 valence electrons. The predicted octanol–water partition coefficient (Wildman–Crippen LogP) is -0.684. The molecule has 0 aromatic heterocycles. The molecule has 0 saturated carbocycles.